The van der Waals surface area contributed by atoms with Crippen molar-refractivity contribution in [1.82, 2.24) is 0 Å². The Balaban J connectivity index is 0.000000410. The fraction of sp³-hybridized carbons (Fsp3) is 0.170. The molecular formula is C53H52Cl4OSSi2Zr2+2. The molecule has 2 aliphatic heterocycles. The van der Waals surface area contributed by atoms with E-state index in [0.29, 0.717) is 5.25 Å². The van der Waals surface area contributed by atoms with Gasteiger partial charge in [0.15, 0.2) is 0 Å². The number of fused-ring (bicyclic) bond motifs is 4. The predicted molar refractivity (Wildman–Crippen MR) is 258 cm³/mol. The molecule has 0 fully saturated rings. The van der Waals surface area contributed by atoms with Crippen molar-refractivity contribution in [3.05, 3.63) is 202 Å². The predicted octanol–water partition coefficient (Wildman–Crippen LogP) is 1.99. The van der Waals surface area contributed by atoms with Gasteiger partial charge in [0.05, 0.1) is 0 Å². The summed E-state index contributed by atoms with van der Waals surface area (Å²) < 4.78 is 5.40. The first-order chi connectivity index (χ1) is 27.6. The van der Waals surface area contributed by atoms with E-state index in [1.165, 1.54) is 82.1 Å². The van der Waals surface area contributed by atoms with E-state index in [1.807, 2.05) is 11.8 Å². The summed E-state index contributed by atoms with van der Waals surface area (Å²) in [4.78, 5) is 1.47. The van der Waals surface area contributed by atoms with Gasteiger partial charge in [-0.3, -0.25) is 0 Å². The fourth-order valence-corrected chi connectivity index (χ4v) is 11.3. The molecule has 10 rings (SSSR count). The summed E-state index contributed by atoms with van der Waals surface area (Å²) in [5.41, 5.74) is 18.2. The van der Waals surface area contributed by atoms with E-state index in [0.717, 1.165) is 12.4 Å². The molecule has 2 heterocycles. The second-order valence-electron chi connectivity index (χ2n) is 15.6. The molecular weight excluding hydrogens is 1070 g/mol. The SMILES string of the molecule is CC1=CC2=CC(C=[Si](C)C)SC2=C1.C[Si](C)=CC1=CC2=CCOC2=C1.Cc1cc2c(-c3ccccc3)cccc2[cH-]1.Cc1cc2c(-c3ccccc3)cccc2[cH-]1.[Cl-].[Cl-].[Cl-].[Cl-].[Zr+4].[Zr+4]. The van der Waals surface area contributed by atoms with Crippen LogP contribution in [-0.4, -0.2) is 40.0 Å². The van der Waals surface area contributed by atoms with Gasteiger partial charge < -0.3 is 54.4 Å². The number of hydrogen-bond acceptors (Lipinski definition) is 2. The van der Waals surface area contributed by atoms with Gasteiger partial charge in [0.25, 0.3) is 0 Å². The van der Waals surface area contributed by atoms with Crippen LogP contribution in [0.1, 0.15) is 18.1 Å². The Labute approximate surface area is 446 Å². The maximum absolute atomic E-state index is 5.40. The number of benzene rings is 4. The van der Waals surface area contributed by atoms with Crippen LogP contribution in [0.5, 0.6) is 0 Å². The van der Waals surface area contributed by atoms with E-state index in [9.17, 15) is 0 Å². The largest absolute Gasteiger partial charge is 4.00 e. The standard InChI is InChI=1S/2C16H13.C11H14SSi.C10H12OSi.4ClH.2Zr/c2*1-12-10-14-8-5-9-15(16(14)11-12)13-6-3-2-4-7-13;1-8-4-9-6-10(7-13(2)3)12-11(9)5-8;1-12(2)7-8-5-9-3-4-11-10(9)6-8;;;;;;/h2*2-11H,1H3;4-7,10H,1-3H3;3,5-7H,4H2,1-2H3;4*1H;;/q2*-1;;;;;;;2*+4/p-4. The minimum atomic E-state index is -0.269. The third-order valence-electron chi connectivity index (χ3n) is 9.99. The smallest absolute Gasteiger partial charge is 1.00 e. The molecule has 0 bridgehead atoms. The second kappa shape index (κ2) is 28.1. The Morgan fingerprint density at radius 3 is 1.59 bits per heavy atom. The van der Waals surface area contributed by atoms with Crippen LogP contribution in [0.25, 0.3) is 43.8 Å². The Bertz CT molecular complexity index is 2560. The van der Waals surface area contributed by atoms with Gasteiger partial charge in [-0.2, -0.15) is 12.1 Å². The number of aryl methyl sites for hydroxylation is 2. The van der Waals surface area contributed by atoms with Crippen LogP contribution in [0.4, 0.5) is 0 Å². The van der Waals surface area contributed by atoms with Crippen LogP contribution >= 0.6 is 11.8 Å². The minimum absolute atomic E-state index is 0. The molecule has 0 saturated heterocycles. The molecule has 2 aliphatic carbocycles. The van der Waals surface area contributed by atoms with E-state index in [2.05, 4.69) is 216 Å². The minimum Gasteiger partial charge on any atom is -1.00 e. The van der Waals surface area contributed by atoms with Crippen LogP contribution in [0.3, 0.4) is 0 Å². The number of thioether (sulfide) groups is 1. The summed E-state index contributed by atoms with van der Waals surface area (Å²) in [7, 11) is -0.468. The van der Waals surface area contributed by atoms with Crippen molar-refractivity contribution in [2.75, 3.05) is 6.61 Å². The van der Waals surface area contributed by atoms with E-state index in [1.54, 1.807) is 0 Å². The van der Waals surface area contributed by atoms with Crippen LogP contribution < -0.4 is 49.6 Å². The average molecular weight is 1120 g/mol. The first kappa shape index (κ1) is 58.8. The summed E-state index contributed by atoms with van der Waals surface area (Å²) in [6, 6.07) is 43.1. The molecule has 6 aromatic rings. The molecule has 318 valence electrons. The molecule has 1 unspecified atom stereocenters. The molecule has 0 saturated carbocycles. The third kappa shape index (κ3) is 16.0. The van der Waals surface area contributed by atoms with Crippen LogP contribution in [-0.2, 0) is 57.1 Å². The quantitative estimate of drug-likeness (QED) is 0.198. The summed E-state index contributed by atoms with van der Waals surface area (Å²) in [5.74, 6) is 1.06. The number of halogens is 4. The van der Waals surface area contributed by atoms with Gasteiger partial charge in [-0.15, -0.1) is 80.8 Å². The molecule has 10 heteroatoms. The molecule has 0 amide bonds. The van der Waals surface area contributed by atoms with Gasteiger partial charge in [-0.1, -0.05) is 147 Å². The van der Waals surface area contributed by atoms with Crippen molar-refractivity contribution < 1.29 is 107 Å². The van der Waals surface area contributed by atoms with E-state index >= 15 is 0 Å². The number of ether oxygens (including phenoxy) is 1. The van der Waals surface area contributed by atoms with Crippen LogP contribution in [0.15, 0.2) is 191 Å². The molecule has 1 nitrogen and oxygen atoms in total. The normalized spacial score (nSPS) is 14.2. The summed E-state index contributed by atoms with van der Waals surface area (Å²) >= 11 is 2.00. The number of allylic oxidation sites excluding steroid dienone is 7. The molecule has 0 spiro atoms. The van der Waals surface area contributed by atoms with Gasteiger partial charge in [0, 0.05) is 32.5 Å². The molecule has 4 aliphatic rings. The second-order valence-corrected chi connectivity index (χ2v) is 21.8. The Morgan fingerprint density at radius 1 is 0.603 bits per heavy atom. The van der Waals surface area contributed by atoms with Crippen LogP contribution in [0, 0.1) is 13.8 Å². The van der Waals surface area contributed by atoms with Crippen molar-refractivity contribution >= 4 is 61.5 Å². The fourth-order valence-electron chi connectivity index (χ4n) is 7.61. The van der Waals surface area contributed by atoms with Gasteiger partial charge in [0.2, 0.25) is 0 Å². The van der Waals surface area contributed by atoms with Crippen molar-refractivity contribution in [2.24, 2.45) is 0 Å². The van der Waals surface area contributed by atoms with Gasteiger partial charge >= 0.3 is 52.4 Å². The molecule has 1 atom stereocenters. The van der Waals surface area contributed by atoms with Crippen molar-refractivity contribution in [3.8, 4) is 22.3 Å². The zero-order valence-electron chi connectivity index (χ0n) is 36.8. The Hall–Kier alpha value is -2.21. The molecule has 0 N–H and O–H groups in total. The summed E-state index contributed by atoms with van der Waals surface area (Å²) in [5, 5.41) is 6.02. The van der Waals surface area contributed by atoms with Crippen LogP contribution in [0.2, 0.25) is 26.2 Å². The van der Waals surface area contributed by atoms with Crippen molar-refractivity contribution in [2.45, 2.75) is 52.2 Å². The summed E-state index contributed by atoms with van der Waals surface area (Å²) in [6.07, 6.45) is 13.4. The van der Waals surface area contributed by atoms with Crippen molar-refractivity contribution in [1.29, 1.82) is 0 Å². The average Bonchev–Trinajstić information content (AvgIpc) is 4.04. The Morgan fingerprint density at radius 2 is 1.13 bits per heavy atom. The number of rotatable bonds is 4. The van der Waals surface area contributed by atoms with E-state index < -0.39 is 0 Å². The first-order valence-electron chi connectivity index (χ1n) is 19.9. The molecule has 0 radical (unpaired) electrons. The topological polar surface area (TPSA) is 9.23 Å². The van der Waals surface area contributed by atoms with Gasteiger partial charge in [0.1, 0.15) is 12.4 Å². The zero-order chi connectivity index (χ0) is 39.9. The van der Waals surface area contributed by atoms with Gasteiger partial charge in [-0.25, -0.2) is 0 Å². The molecule has 63 heavy (non-hydrogen) atoms. The molecule has 0 aromatic heterocycles. The maximum Gasteiger partial charge on any atom is 4.00 e. The first-order valence-corrected chi connectivity index (χ1v) is 25.9. The third-order valence-corrected chi connectivity index (χ3v) is 13.3. The maximum atomic E-state index is 5.40. The Kier molecular flexibility index (Phi) is 26.2. The van der Waals surface area contributed by atoms with E-state index in [4.69, 9.17) is 4.74 Å². The van der Waals surface area contributed by atoms with E-state index in [-0.39, 0.29) is 119 Å². The monoisotopic (exact) mass is 1110 g/mol. The number of hydrogen-bond donors (Lipinski definition) is 0. The molecule has 6 aromatic carbocycles. The van der Waals surface area contributed by atoms with Crippen molar-refractivity contribution in [3.63, 3.8) is 0 Å². The van der Waals surface area contributed by atoms with Gasteiger partial charge in [-0.05, 0) is 59.1 Å². The summed E-state index contributed by atoms with van der Waals surface area (Å²) in [6.45, 7) is 16.5. The zero-order valence-corrected chi connectivity index (χ0v) is 47.5.